The van der Waals surface area contributed by atoms with Crippen LogP contribution in [0.4, 0.5) is 0 Å². The predicted octanol–water partition coefficient (Wildman–Crippen LogP) is 14.4. The highest BCUT2D eigenvalue weighted by atomic mass is 16.5. The van der Waals surface area contributed by atoms with E-state index in [4.69, 9.17) is 18.9 Å². The summed E-state index contributed by atoms with van der Waals surface area (Å²) in [6.45, 7) is 5.04. The van der Waals surface area contributed by atoms with Gasteiger partial charge in [-0.15, -0.1) is 0 Å². The van der Waals surface area contributed by atoms with E-state index in [0.717, 1.165) is 95.9 Å². The van der Waals surface area contributed by atoms with Gasteiger partial charge in [0.2, 0.25) is 0 Å². The number of aryl methyl sites for hydroxylation is 6. The van der Waals surface area contributed by atoms with Crippen LogP contribution in [0.3, 0.4) is 0 Å². The van der Waals surface area contributed by atoms with Crippen molar-refractivity contribution in [3.05, 3.63) is 128 Å². The van der Waals surface area contributed by atoms with Crippen LogP contribution in [-0.4, -0.2) is 37.6 Å². The average Bonchev–Trinajstić information content (AvgIpc) is 3.33. The Morgan fingerprint density at radius 2 is 0.742 bits per heavy atom. The molecule has 2 N–H and O–H groups in total. The second kappa shape index (κ2) is 19.5. The van der Waals surface area contributed by atoms with E-state index in [-0.39, 0.29) is 7.43 Å². The lowest BCUT2D eigenvalue weighted by Gasteiger charge is -2.29. The molecule has 4 aliphatic rings. The van der Waals surface area contributed by atoms with E-state index >= 15 is 0 Å². The molecule has 0 aliphatic heterocycles. The molecule has 4 aliphatic carbocycles. The highest BCUT2D eigenvalue weighted by Gasteiger charge is 2.29. The van der Waals surface area contributed by atoms with Gasteiger partial charge in [-0.3, -0.25) is 0 Å². The smallest absolute Gasteiger partial charge is 0.131 e. The first-order chi connectivity index (χ1) is 31.8. The van der Waals surface area contributed by atoms with Crippen molar-refractivity contribution in [3.8, 4) is 79.0 Å². The van der Waals surface area contributed by atoms with Crippen molar-refractivity contribution in [2.75, 3.05) is 27.4 Å². The molecule has 0 saturated heterocycles. The molecule has 0 spiro atoms. The van der Waals surface area contributed by atoms with E-state index in [1.54, 1.807) is 14.2 Å². The Labute approximate surface area is 393 Å². The lowest BCUT2D eigenvalue weighted by molar-refractivity contribution is 0.248. The first-order valence-electron chi connectivity index (χ1n) is 24.4. The number of aromatic hydroxyl groups is 2. The second-order valence-corrected chi connectivity index (χ2v) is 19.1. The van der Waals surface area contributed by atoms with Gasteiger partial charge < -0.3 is 29.2 Å². The number of hydrogen-bond acceptors (Lipinski definition) is 6. The van der Waals surface area contributed by atoms with Crippen LogP contribution < -0.4 is 18.9 Å². The minimum atomic E-state index is 0. The third-order valence-corrected chi connectivity index (χ3v) is 14.8. The molecule has 6 aromatic rings. The van der Waals surface area contributed by atoms with Crippen LogP contribution in [0.25, 0.3) is 44.5 Å². The van der Waals surface area contributed by atoms with Gasteiger partial charge in [0, 0.05) is 39.8 Å². The van der Waals surface area contributed by atoms with E-state index in [9.17, 15) is 10.2 Å². The molecule has 6 aromatic carbocycles. The molecule has 0 aromatic heterocycles. The van der Waals surface area contributed by atoms with Gasteiger partial charge in [0.15, 0.2) is 0 Å². The summed E-state index contributed by atoms with van der Waals surface area (Å²) in [4.78, 5) is 0. The highest BCUT2D eigenvalue weighted by Crippen LogP contribution is 2.50. The number of rotatable bonds is 12. The fourth-order valence-corrected chi connectivity index (χ4v) is 11.6. The molecule has 344 valence electrons. The third-order valence-electron chi connectivity index (χ3n) is 14.8. The summed E-state index contributed by atoms with van der Waals surface area (Å²) in [5, 5.41) is 24.8. The zero-order valence-electron chi connectivity index (χ0n) is 38.9. The van der Waals surface area contributed by atoms with Crippen molar-refractivity contribution < 1.29 is 29.2 Å². The third kappa shape index (κ3) is 8.64. The summed E-state index contributed by atoms with van der Waals surface area (Å²) in [5.41, 5.74) is 21.3. The number of phenolic OH excluding ortho intramolecular Hbond substituents is 2. The van der Waals surface area contributed by atoms with E-state index in [1.165, 1.54) is 107 Å². The summed E-state index contributed by atoms with van der Waals surface area (Å²) in [6, 6.07) is 25.2. The molecule has 0 bridgehead atoms. The molecule has 0 unspecified atom stereocenters. The molecule has 6 nitrogen and oxygen atoms in total. The van der Waals surface area contributed by atoms with Gasteiger partial charge in [-0.25, -0.2) is 0 Å². The van der Waals surface area contributed by atoms with Gasteiger partial charge in [0.1, 0.15) is 34.5 Å². The summed E-state index contributed by atoms with van der Waals surface area (Å²) >= 11 is 0. The van der Waals surface area contributed by atoms with Crippen LogP contribution >= 0.6 is 0 Å². The van der Waals surface area contributed by atoms with Crippen molar-refractivity contribution in [1.29, 1.82) is 0 Å². The van der Waals surface area contributed by atoms with Crippen LogP contribution in [0.15, 0.2) is 72.8 Å². The summed E-state index contributed by atoms with van der Waals surface area (Å²) < 4.78 is 24.6. The van der Waals surface area contributed by atoms with Gasteiger partial charge in [-0.1, -0.05) is 19.6 Å². The highest BCUT2D eigenvalue weighted by molar-refractivity contribution is 5.90. The monoisotopic (exact) mass is 885 g/mol. The number of ether oxygens (including phenoxy) is 4. The first-order valence-corrected chi connectivity index (χ1v) is 24.4. The Balaban J connectivity index is 0.00000548. The number of methoxy groups -OCH3 is 2. The maximum Gasteiger partial charge on any atom is 0.131 e. The van der Waals surface area contributed by atoms with Gasteiger partial charge in [0.05, 0.1) is 27.4 Å². The molecule has 0 amide bonds. The molecule has 6 heteroatoms. The van der Waals surface area contributed by atoms with Crippen molar-refractivity contribution >= 4 is 0 Å². The minimum absolute atomic E-state index is 0. The molecular weight excluding hydrogens is 817 g/mol. The standard InChI is InChI=1S/C59H64O6.CH4/c1-36-28-50(58(60)52(30-36)56-44-18-9-5-14-38(44)32-39-15-6-10-19-45(39)56)48-34-42(62-3)22-24-54(48)64-26-13-27-65-55-25-23-43(63-4)35-49(55)51-29-37(2)31-53(59(51)61)57-46-20-11-7-16-40(46)33-41-17-8-12-21-47(41)57;/h22-25,28-35,60-61H,5-21,26-27H2,1-4H3;1H4. The second-order valence-electron chi connectivity index (χ2n) is 19.1. The Kier molecular flexibility index (Phi) is 13.4. The number of hydrogen-bond donors (Lipinski definition) is 2. The molecule has 0 radical (unpaired) electrons. The van der Waals surface area contributed by atoms with Gasteiger partial charge in [0.25, 0.3) is 0 Å². The molecule has 0 fully saturated rings. The fourth-order valence-electron chi connectivity index (χ4n) is 11.6. The number of fused-ring (bicyclic) bond motifs is 4. The van der Waals surface area contributed by atoms with E-state index in [0.29, 0.717) is 54.1 Å². The Bertz CT molecular complexity index is 2520. The molecule has 10 rings (SSSR count). The number of phenols is 2. The van der Waals surface area contributed by atoms with Crippen LogP contribution in [-0.2, 0) is 51.4 Å². The summed E-state index contributed by atoms with van der Waals surface area (Å²) in [6.07, 6.45) is 18.9. The van der Waals surface area contributed by atoms with Crippen molar-refractivity contribution in [3.63, 3.8) is 0 Å². The molecule has 0 saturated carbocycles. The van der Waals surface area contributed by atoms with Crippen LogP contribution in [0.2, 0.25) is 0 Å². The molecule has 0 heterocycles. The molecule has 0 atom stereocenters. The minimum Gasteiger partial charge on any atom is -0.507 e. The fraction of sp³-hybridized carbons (Fsp3) is 0.400. The van der Waals surface area contributed by atoms with Crippen molar-refractivity contribution in [2.24, 2.45) is 0 Å². The Hall–Kier alpha value is -5.88. The van der Waals surface area contributed by atoms with Gasteiger partial charge in [-0.05, 0) is 244 Å². The van der Waals surface area contributed by atoms with Crippen LogP contribution in [0, 0.1) is 13.8 Å². The maximum absolute atomic E-state index is 12.4. The van der Waals surface area contributed by atoms with Crippen molar-refractivity contribution in [1.82, 2.24) is 0 Å². The van der Waals surface area contributed by atoms with Crippen LogP contribution in [0.1, 0.15) is 121 Å². The Morgan fingerprint density at radius 3 is 1.09 bits per heavy atom. The topological polar surface area (TPSA) is 77.4 Å². The number of benzene rings is 6. The lowest BCUT2D eigenvalue weighted by atomic mass is 9.76. The summed E-state index contributed by atoms with van der Waals surface area (Å²) in [5.74, 6) is 3.36. The van der Waals surface area contributed by atoms with E-state index < -0.39 is 0 Å². The van der Waals surface area contributed by atoms with E-state index in [1.807, 2.05) is 36.4 Å². The zero-order chi connectivity index (χ0) is 44.6. The zero-order valence-corrected chi connectivity index (χ0v) is 38.9. The largest absolute Gasteiger partial charge is 0.507 e. The Morgan fingerprint density at radius 1 is 0.409 bits per heavy atom. The lowest BCUT2D eigenvalue weighted by Crippen LogP contribution is -2.13. The van der Waals surface area contributed by atoms with Crippen LogP contribution in [0.5, 0.6) is 34.5 Å². The van der Waals surface area contributed by atoms with Crippen molar-refractivity contribution in [2.45, 2.75) is 130 Å². The molecular formula is C60H68O6. The van der Waals surface area contributed by atoms with E-state index in [2.05, 4.69) is 50.2 Å². The normalized spacial score (nSPS) is 15.1. The predicted molar refractivity (Wildman–Crippen MR) is 269 cm³/mol. The average molecular weight is 885 g/mol. The SMILES string of the molecule is C.COc1ccc(OCCCOc2ccc(OC)cc2-c2cc(C)cc(-c3c4c(cc5c3CCCC5)CCCC4)c2O)c(-c2cc(C)cc(-c3c4c(cc5c3CCCC5)CCCC4)c2O)c1. The van der Waals surface area contributed by atoms with Gasteiger partial charge in [-0.2, -0.15) is 0 Å². The quantitative estimate of drug-likeness (QED) is 0.119. The maximum atomic E-state index is 12.4. The first kappa shape index (κ1) is 45.3. The van der Waals surface area contributed by atoms with Gasteiger partial charge >= 0.3 is 0 Å². The summed E-state index contributed by atoms with van der Waals surface area (Å²) in [7, 11) is 3.35. The molecule has 66 heavy (non-hydrogen) atoms.